The number of anilines is 1. The van der Waals surface area contributed by atoms with E-state index in [0.717, 1.165) is 85.9 Å². The van der Waals surface area contributed by atoms with E-state index in [1.807, 2.05) is 13.8 Å². The third-order valence-electron chi connectivity index (χ3n) is 11.9. The Morgan fingerprint density at radius 2 is 0.963 bits per heavy atom. The molecule has 0 atom stereocenters. The van der Waals surface area contributed by atoms with Gasteiger partial charge in [0.2, 0.25) is 0 Å². The van der Waals surface area contributed by atoms with Crippen LogP contribution >= 0.6 is 0 Å². The number of hydrogen-bond donors (Lipinski definition) is 0. The van der Waals surface area contributed by atoms with Crippen LogP contribution in [0.4, 0.5) is 5.88 Å². The van der Waals surface area contributed by atoms with Crippen molar-refractivity contribution in [3.8, 4) is 0 Å². The third-order valence-corrected chi connectivity index (χ3v) is 11.9. The fourth-order valence-electron chi connectivity index (χ4n) is 8.01. The minimum absolute atomic E-state index is 0.182. The lowest BCUT2D eigenvalue weighted by Gasteiger charge is -2.30. The number of rotatable bonds is 30. The molecule has 2 heterocycles. The molecule has 6 heteroatoms. The normalized spacial score (nSPS) is 15.9. The standard InChI is InChI=1S/C48H80N2O4/c1-9-13-17-21-25-29-33-49(34-30-26-22-18-14-10-2)47-39(7)37(5)45(53-47)41-43(51)42(44(41)52)46-38(6)40(8)48(54-46)50(35-31-27-23-19-15-11-3)36-32-28-24-20-16-12-4/h9-36H2,1-8H3. The summed E-state index contributed by atoms with van der Waals surface area (Å²) in [7, 11) is 0. The number of Topliss-reactive ketones (excluding diaryl/α,β-unsaturated/α-hetero) is 1. The molecule has 1 aliphatic heterocycles. The van der Waals surface area contributed by atoms with Gasteiger partial charge in [-0.2, -0.15) is 4.58 Å². The topological polar surface area (TPSA) is 68.8 Å². The van der Waals surface area contributed by atoms with Crippen molar-refractivity contribution in [2.24, 2.45) is 0 Å². The molecule has 6 nitrogen and oxygen atoms in total. The van der Waals surface area contributed by atoms with Gasteiger partial charge in [-0.05, 0) is 53.4 Å². The molecule has 0 spiro atoms. The van der Waals surface area contributed by atoms with Crippen molar-refractivity contribution in [2.45, 2.75) is 209 Å². The minimum Gasteiger partial charge on any atom is -0.871 e. The average molecular weight is 749 g/mol. The fourth-order valence-corrected chi connectivity index (χ4v) is 8.01. The maximum Gasteiger partial charge on any atom is 0.371 e. The first-order valence-electron chi connectivity index (χ1n) is 22.8. The Bertz CT molecular complexity index is 1390. The Morgan fingerprint density at radius 1 is 0.537 bits per heavy atom. The Morgan fingerprint density at radius 3 is 1.41 bits per heavy atom. The SMILES string of the molecule is CCCCCCCCN(CCCCCCCC)c1oc(C2=C([O-])/C(=C3/OC(=[N+](CCCCCCCC)CCCCCCCC)C(C)=C3C)C2=O)c(C)c1C. The lowest BCUT2D eigenvalue weighted by molar-refractivity contribution is -0.535. The van der Waals surface area contributed by atoms with Gasteiger partial charge in [0, 0.05) is 42.6 Å². The average Bonchev–Trinajstić information content (AvgIpc) is 3.61. The minimum atomic E-state index is -0.247. The van der Waals surface area contributed by atoms with Gasteiger partial charge in [0.1, 0.15) is 24.6 Å². The number of carbonyl (C=O) groups excluding carboxylic acids is 1. The second-order valence-electron chi connectivity index (χ2n) is 16.4. The molecule has 0 saturated carbocycles. The molecule has 0 aromatic carbocycles. The van der Waals surface area contributed by atoms with E-state index in [1.165, 1.54) is 128 Å². The zero-order valence-corrected chi connectivity index (χ0v) is 36.3. The van der Waals surface area contributed by atoms with Gasteiger partial charge >= 0.3 is 5.90 Å². The number of unbranched alkanes of at least 4 members (excludes halogenated alkanes) is 20. The smallest absolute Gasteiger partial charge is 0.371 e. The molecule has 0 amide bonds. The van der Waals surface area contributed by atoms with Crippen molar-refractivity contribution in [3.63, 3.8) is 0 Å². The highest BCUT2D eigenvalue weighted by Gasteiger charge is 2.41. The largest absolute Gasteiger partial charge is 0.871 e. The first kappa shape index (κ1) is 45.6. The van der Waals surface area contributed by atoms with E-state index < -0.39 is 0 Å². The van der Waals surface area contributed by atoms with E-state index in [9.17, 15) is 9.90 Å². The summed E-state index contributed by atoms with van der Waals surface area (Å²) in [6.07, 6.45) is 29.8. The molecular formula is C48H80N2O4. The van der Waals surface area contributed by atoms with Crippen molar-refractivity contribution in [1.82, 2.24) is 0 Å². The van der Waals surface area contributed by atoms with Gasteiger partial charge in [-0.25, -0.2) is 0 Å². The predicted octanol–water partition coefficient (Wildman–Crippen LogP) is 12.8. The highest BCUT2D eigenvalue weighted by atomic mass is 16.5. The van der Waals surface area contributed by atoms with Crippen molar-refractivity contribution in [3.05, 3.63) is 45.1 Å². The highest BCUT2D eigenvalue weighted by Crippen LogP contribution is 2.44. The van der Waals surface area contributed by atoms with Crippen molar-refractivity contribution in [1.29, 1.82) is 0 Å². The molecule has 54 heavy (non-hydrogen) atoms. The molecule has 306 valence electrons. The van der Waals surface area contributed by atoms with E-state index in [4.69, 9.17) is 9.15 Å². The Kier molecular flexibility index (Phi) is 21.5. The van der Waals surface area contributed by atoms with E-state index in [-0.39, 0.29) is 22.7 Å². The van der Waals surface area contributed by atoms with Crippen LogP contribution in [0.1, 0.15) is 213 Å². The summed E-state index contributed by atoms with van der Waals surface area (Å²) in [4.78, 5) is 16.4. The van der Waals surface area contributed by atoms with Crippen LogP contribution in [0, 0.1) is 13.8 Å². The number of furan rings is 1. The van der Waals surface area contributed by atoms with Crippen molar-refractivity contribution >= 4 is 23.1 Å². The lowest BCUT2D eigenvalue weighted by Crippen LogP contribution is -2.31. The molecule has 0 radical (unpaired) electrons. The first-order valence-corrected chi connectivity index (χ1v) is 22.8. The van der Waals surface area contributed by atoms with E-state index in [2.05, 4.69) is 51.0 Å². The molecule has 2 aliphatic rings. The van der Waals surface area contributed by atoms with Crippen LogP contribution in [0.15, 0.2) is 32.7 Å². The van der Waals surface area contributed by atoms with E-state index in [0.29, 0.717) is 11.5 Å². The zero-order valence-electron chi connectivity index (χ0n) is 36.3. The van der Waals surface area contributed by atoms with Crippen LogP contribution < -0.4 is 10.0 Å². The lowest BCUT2D eigenvalue weighted by atomic mass is 9.83. The quantitative estimate of drug-likeness (QED) is 0.0445. The molecule has 1 aromatic rings. The van der Waals surface area contributed by atoms with Crippen LogP contribution in [0.3, 0.4) is 0 Å². The van der Waals surface area contributed by atoms with Gasteiger partial charge in [-0.15, -0.1) is 0 Å². The number of allylic oxidation sites excluding steroid dienone is 3. The molecule has 1 aliphatic carbocycles. The van der Waals surface area contributed by atoms with Crippen molar-refractivity contribution < 1.29 is 23.6 Å². The summed E-state index contributed by atoms with van der Waals surface area (Å²) in [5, 5.41) is 14.0. The number of carbonyl (C=O) groups is 1. The zero-order chi connectivity index (χ0) is 39.3. The number of ether oxygens (including phenoxy) is 1. The summed E-state index contributed by atoms with van der Waals surface area (Å²) < 4.78 is 15.5. The second-order valence-corrected chi connectivity index (χ2v) is 16.4. The summed E-state index contributed by atoms with van der Waals surface area (Å²) >= 11 is 0. The fraction of sp³-hybridized carbons (Fsp3) is 0.750. The molecule has 0 unspecified atom stereocenters. The highest BCUT2D eigenvalue weighted by molar-refractivity contribution is 6.39. The Hall–Kier alpha value is -2.76. The van der Waals surface area contributed by atoms with Crippen LogP contribution in [0.5, 0.6) is 0 Å². The third kappa shape index (κ3) is 13.2. The van der Waals surface area contributed by atoms with Gasteiger partial charge in [0.05, 0.1) is 16.7 Å². The maximum absolute atomic E-state index is 14.0. The number of hydrogen-bond acceptors (Lipinski definition) is 5. The van der Waals surface area contributed by atoms with Crippen LogP contribution in [-0.2, 0) is 9.53 Å². The molecule has 0 fully saturated rings. The van der Waals surface area contributed by atoms with Crippen LogP contribution in [-0.4, -0.2) is 42.4 Å². The Balaban J connectivity index is 1.85. The second kappa shape index (κ2) is 25.4. The summed E-state index contributed by atoms with van der Waals surface area (Å²) in [5.41, 5.74) is 4.23. The van der Waals surface area contributed by atoms with Crippen LogP contribution in [0.25, 0.3) is 5.57 Å². The van der Waals surface area contributed by atoms with Crippen LogP contribution in [0.2, 0.25) is 0 Å². The van der Waals surface area contributed by atoms with Gasteiger partial charge in [-0.3, -0.25) is 4.79 Å². The summed E-state index contributed by atoms with van der Waals surface area (Å²) in [6.45, 7) is 20.9. The van der Waals surface area contributed by atoms with Gasteiger partial charge in [-0.1, -0.05) is 149 Å². The molecular weight excluding hydrogens is 669 g/mol. The molecule has 0 saturated heterocycles. The number of nitrogens with zero attached hydrogens (tertiary/aromatic N) is 2. The first-order chi connectivity index (χ1) is 26.2. The van der Waals surface area contributed by atoms with E-state index in [1.54, 1.807) is 0 Å². The maximum atomic E-state index is 14.0. The molecule has 3 rings (SSSR count). The van der Waals surface area contributed by atoms with Gasteiger partial charge < -0.3 is 19.2 Å². The van der Waals surface area contributed by atoms with Crippen molar-refractivity contribution in [2.75, 3.05) is 31.1 Å². The Labute approximate surface area is 331 Å². The number of ketones is 1. The molecule has 0 bridgehead atoms. The molecule has 1 aromatic heterocycles. The van der Waals surface area contributed by atoms with E-state index >= 15 is 0 Å². The van der Waals surface area contributed by atoms with Gasteiger partial charge in [0.25, 0.3) is 0 Å². The summed E-state index contributed by atoms with van der Waals surface area (Å²) in [5.74, 6) is 2.07. The predicted molar refractivity (Wildman–Crippen MR) is 227 cm³/mol. The monoisotopic (exact) mass is 749 g/mol. The molecule has 0 N–H and O–H groups in total. The summed E-state index contributed by atoms with van der Waals surface area (Å²) in [6, 6.07) is 0. The van der Waals surface area contributed by atoms with Gasteiger partial charge in [0.15, 0.2) is 11.7 Å².